The summed E-state index contributed by atoms with van der Waals surface area (Å²) in [5, 5.41) is 57.2. The Hall–Kier alpha value is -4.19. The summed E-state index contributed by atoms with van der Waals surface area (Å²) in [5.74, 6) is -8.59. The standard InChI is InChI=1S/C29H30N2O9/c1-11-14-9-10-15(12-5-7-13(40-4)8-6-12)22(32)17(14)23(33)18-16(11)24(34)20-21(31(2)3)25(35)19(28(30)38)27(37)29(20,39)26(18)36/h5-11,16,20-21,24,32-34,37,39H,1-4H3,(H2,30,38)/t11?,16?,20?,21-,24?,29-/m0/s1. The van der Waals surface area contributed by atoms with E-state index in [-0.39, 0.29) is 11.3 Å². The maximum absolute atomic E-state index is 14.1. The normalized spacial score (nSPS) is 29.7. The lowest BCUT2D eigenvalue weighted by Crippen LogP contribution is -2.70. The summed E-state index contributed by atoms with van der Waals surface area (Å²) in [5.41, 5.74) is 2.30. The van der Waals surface area contributed by atoms with Crippen LogP contribution < -0.4 is 10.5 Å². The predicted molar refractivity (Wildman–Crippen MR) is 142 cm³/mol. The molecule has 3 aliphatic carbocycles. The van der Waals surface area contributed by atoms with Gasteiger partial charge in [-0.3, -0.25) is 19.3 Å². The third-order valence-electron chi connectivity index (χ3n) is 8.53. The van der Waals surface area contributed by atoms with E-state index in [0.29, 0.717) is 22.4 Å². The Morgan fingerprint density at radius 1 is 1.05 bits per heavy atom. The van der Waals surface area contributed by atoms with Gasteiger partial charge in [0.05, 0.1) is 30.7 Å². The minimum absolute atomic E-state index is 0.0655. The summed E-state index contributed by atoms with van der Waals surface area (Å²) in [6.45, 7) is 1.68. The minimum Gasteiger partial charge on any atom is -0.508 e. The molecule has 3 aliphatic rings. The number of aromatic hydroxyl groups is 1. The molecule has 1 saturated carbocycles. The van der Waals surface area contributed by atoms with Crippen LogP contribution >= 0.6 is 0 Å². The molecule has 210 valence electrons. The molecule has 40 heavy (non-hydrogen) atoms. The van der Waals surface area contributed by atoms with Crippen LogP contribution in [0.1, 0.15) is 24.0 Å². The molecule has 0 aliphatic heterocycles. The van der Waals surface area contributed by atoms with E-state index >= 15 is 0 Å². The maximum atomic E-state index is 14.1. The van der Waals surface area contributed by atoms with Gasteiger partial charge in [-0.15, -0.1) is 0 Å². The smallest absolute Gasteiger partial charge is 0.255 e. The molecule has 0 aromatic heterocycles. The number of ether oxygens (including phenoxy) is 1. The summed E-state index contributed by atoms with van der Waals surface area (Å²) in [6, 6.07) is 8.72. The Balaban J connectivity index is 1.76. The molecular weight excluding hydrogens is 520 g/mol. The number of Topliss-reactive ketones (excluding diaryl/α,β-unsaturated/α-hetero) is 2. The highest BCUT2D eigenvalue weighted by atomic mass is 16.5. The number of fused-ring (bicyclic) bond motifs is 3. The summed E-state index contributed by atoms with van der Waals surface area (Å²) in [7, 11) is 4.44. The van der Waals surface area contributed by atoms with Crippen LogP contribution in [-0.2, 0) is 14.4 Å². The molecule has 0 heterocycles. The molecule has 11 nitrogen and oxygen atoms in total. The molecule has 0 radical (unpaired) electrons. The van der Waals surface area contributed by atoms with Crippen molar-refractivity contribution in [2.24, 2.45) is 17.6 Å². The average Bonchev–Trinajstić information content (AvgIpc) is 2.90. The fraction of sp³-hybridized carbons (Fsp3) is 0.345. The van der Waals surface area contributed by atoms with Crippen LogP contribution in [0.5, 0.6) is 11.5 Å². The fourth-order valence-corrected chi connectivity index (χ4v) is 6.62. The van der Waals surface area contributed by atoms with Gasteiger partial charge in [-0.1, -0.05) is 31.2 Å². The number of hydrogen-bond donors (Lipinski definition) is 6. The predicted octanol–water partition coefficient (Wildman–Crippen LogP) is 1.17. The zero-order valence-corrected chi connectivity index (χ0v) is 22.2. The number of phenols is 1. The third-order valence-corrected chi connectivity index (χ3v) is 8.53. The van der Waals surface area contributed by atoms with Crippen LogP contribution in [0.2, 0.25) is 0 Å². The van der Waals surface area contributed by atoms with Crippen LogP contribution in [0.3, 0.4) is 0 Å². The number of likely N-dealkylation sites (N-methyl/N-ethyl adjacent to an activating group) is 1. The summed E-state index contributed by atoms with van der Waals surface area (Å²) in [4.78, 5) is 40.8. The number of nitrogens with zero attached hydrogens (tertiary/aromatic N) is 1. The molecule has 1 fully saturated rings. The Labute approximate surface area is 229 Å². The van der Waals surface area contributed by atoms with E-state index in [1.54, 1.807) is 43.3 Å². The summed E-state index contributed by atoms with van der Waals surface area (Å²) in [6.07, 6.45) is -1.64. The Morgan fingerprint density at radius 2 is 1.68 bits per heavy atom. The highest BCUT2D eigenvalue weighted by Crippen LogP contribution is 2.56. The second kappa shape index (κ2) is 9.19. The van der Waals surface area contributed by atoms with Crippen molar-refractivity contribution in [1.82, 2.24) is 4.90 Å². The lowest BCUT2D eigenvalue weighted by molar-refractivity contribution is -0.169. The van der Waals surface area contributed by atoms with Crippen molar-refractivity contribution in [3.8, 4) is 22.6 Å². The second-order valence-corrected chi connectivity index (χ2v) is 10.7. The molecule has 7 N–H and O–H groups in total. The number of phenolic OH excluding ortho intramolecular Hbond substituents is 1. The molecule has 2 aromatic rings. The highest BCUT2D eigenvalue weighted by molar-refractivity contribution is 6.24. The number of rotatable bonds is 4. The zero-order chi connectivity index (χ0) is 29.4. The van der Waals surface area contributed by atoms with Crippen LogP contribution in [-0.4, -0.2) is 86.9 Å². The van der Waals surface area contributed by atoms with E-state index < -0.39 is 75.6 Å². The van der Waals surface area contributed by atoms with E-state index in [9.17, 15) is 39.9 Å². The molecule has 6 atom stereocenters. The zero-order valence-electron chi connectivity index (χ0n) is 22.2. The van der Waals surface area contributed by atoms with Gasteiger partial charge in [0.25, 0.3) is 5.91 Å². The number of nitrogens with two attached hydrogens (primary N) is 1. The summed E-state index contributed by atoms with van der Waals surface area (Å²) < 4.78 is 5.18. The van der Waals surface area contributed by atoms with Crippen molar-refractivity contribution in [3.63, 3.8) is 0 Å². The number of ketones is 2. The van der Waals surface area contributed by atoms with Gasteiger partial charge in [0.15, 0.2) is 11.4 Å². The van der Waals surface area contributed by atoms with Crippen molar-refractivity contribution in [1.29, 1.82) is 0 Å². The number of primary amides is 1. The van der Waals surface area contributed by atoms with Gasteiger partial charge in [0.1, 0.15) is 28.6 Å². The van der Waals surface area contributed by atoms with E-state index in [1.807, 2.05) is 0 Å². The van der Waals surface area contributed by atoms with Gasteiger partial charge >= 0.3 is 0 Å². The molecule has 0 spiro atoms. The first-order valence-corrected chi connectivity index (χ1v) is 12.6. The maximum Gasteiger partial charge on any atom is 0.255 e. The molecule has 0 bridgehead atoms. The van der Waals surface area contributed by atoms with Gasteiger partial charge in [-0.2, -0.15) is 0 Å². The van der Waals surface area contributed by atoms with Crippen molar-refractivity contribution < 1.29 is 44.7 Å². The van der Waals surface area contributed by atoms with Crippen molar-refractivity contribution in [2.75, 3.05) is 21.2 Å². The number of benzene rings is 2. The molecule has 0 saturated heterocycles. The lowest BCUT2D eigenvalue weighted by atomic mass is 9.54. The van der Waals surface area contributed by atoms with Gasteiger partial charge in [-0.05, 0) is 43.3 Å². The second-order valence-electron chi connectivity index (χ2n) is 10.7. The average molecular weight is 551 g/mol. The molecule has 2 aromatic carbocycles. The monoisotopic (exact) mass is 550 g/mol. The summed E-state index contributed by atoms with van der Waals surface area (Å²) >= 11 is 0. The quantitative estimate of drug-likeness (QED) is 0.301. The topological polar surface area (TPSA) is 191 Å². The van der Waals surface area contributed by atoms with Crippen molar-refractivity contribution in [2.45, 2.75) is 30.6 Å². The first kappa shape index (κ1) is 27.4. The third kappa shape index (κ3) is 3.44. The van der Waals surface area contributed by atoms with Crippen molar-refractivity contribution in [3.05, 3.63) is 64.4 Å². The number of aliphatic hydroxyl groups is 4. The number of carbonyl (C=O) groups is 3. The number of amides is 1. The Kier molecular flexibility index (Phi) is 6.29. The number of aliphatic hydroxyl groups excluding tert-OH is 3. The van der Waals surface area contributed by atoms with E-state index in [4.69, 9.17) is 10.5 Å². The molecule has 11 heteroatoms. The van der Waals surface area contributed by atoms with Gasteiger partial charge in [-0.25, -0.2) is 0 Å². The van der Waals surface area contributed by atoms with Gasteiger partial charge in [0.2, 0.25) is 5.78 Å². The van der Waals surface area contributed by atoms with Crippen LogP contribution in [0.4, 0.5) is 0 Å². The lowest BCUT2D eigenvalue weighted by Gasteiger charge is -2.53. The highest BCUT2D eigenvalue weighted by Gasteiger charge is 2.68. The SMILES string of the molecule is COc1ccc(-c2ccc3c(c2O)C(O)=C2C(=O)[C@]4(O)C(O)=C(C(N)=O)C(=O)[C@@H](N(C)C)C4C(O)C2C3C)cc1. The number of hydrogen-bond acceptors (Lipinski definition) is 10. The molecule has 4 unspecified atom stereocenters. The first-order chi connectivity index (χ1) is 18.8. The fourth-order valence-electron chi connectivity index (χ4n) is 6.62. The van der Waals surface area contributed by atoms with Crippen LogP contribution in [0.25, 0.3) is 16.9 Å². The van der Waals surface area contributed by atoms with Gasteiger partial charge < -0.3 is 36.0 Å². The van der Waals surface area contributed by atoms with E-state index in [1.165, 1.54) is 26.1 Å². The molecular formula is C29H30N2O9. The Bertz CT molecular complexity index is 1520. The van der Waals surface area contributed by atoms with Gasteiger partial charge in [0, 0.05) is 17.1 Å². The van der Waals surface area contributed by atoms with E-state index in [2.05, 4.69) is 0 Å². The largest absolute Gasteiger partial charge is 0.508 e. The van der Waals surface area contributed by atoms with Crippen molar-refractivity contribution >= 4 is 23.2 Å². The number of methoxy groups -OCH3 is 1. The van der Waals surface area contributed by atoms with Crippen LogP contribution in [0, 0.1) is 11.8 Å². The molecule has 5 rings (SSSR count). The Morgan fingerprint density at radius 3 is 2.23 bits per heavy atom. The molecule has 1 amide bonds. The van der Waals surface area contributed by atoms with Crippen LogP contribution in [0.15, 0.2) is 53.3 Å². The number of carbonyl (C=O) groups excluding carboxylic acids is 3. The van der Waals surface area contributed by atoms with E-state index in [0.717, 1.165) is 0 Å². The minimum atomic E-state index is -2.95. The first-order valence-electron chi connectivity index (χ1n) is 12.6.